The first-order valence-corrected chi connectivity index (χ1v) is 5.22. The van der Waals surface area contributed by atoms with Gasteiger partial charge >= 0.3 is 0 Å². The Hall–Kier alpha value is -0.610. The molecular weight excluding hydrogens is 180 g/mol. The van der Waals surface area contributed by atoms with Gasteiger partial charge in [-0.15, -0.1) is 0 Å². The third-order valence-electron chi connectivity index (χ3n) is 2.61. The van der Waals surface area contributed by atoms with E-state index < -0.39 is 0 Å². The summed E-state index contributed by atoms with van der Waals surface area (Å²) >= 11 is 0. The minimum Gasteiger partial charge on any atom is -0.383 e. The van der Waals surface area contributed by atoms with Crippen LogP contribution in [0.15, 0.2) is 0 Å². The predicted molar refractivity (Wildman–Crippen MR) is 55.2 cm³/mol. The van der Waals surface area contributed by atoms with E-state index in [9.17, 15) is 4.79 Å². The van der Waals surface area contributed by atoms with Crippen molar-refractivity contribution >= 4 is 5.91 Å². The van der Waals surface area contributed by atoms with Gasteiger partial charge in [-0.25, -0.2) is 0 Å². The zero-order valence-corrected chi connectivity index (χ0v) is 9.08. The molecule has 1 aliphatic heterocycles. The van der Waals surface area contributed by atoms with Crippen molar-refractivity contribution in [3.05, 3.63) is 0 Å². The number of hydrogen-bond acceptors (Lipinski definition) is 3. The maximum Gasteiger partial charge on any atom is 0.219 e. The summed E-state index contributed by atoms with van der Waals surface area (Å²) in [7, 11) is 1.66. The van der Waals surface area contributed by atoms with E-state index in [1.165, 1.54) is 12.8 Å². The van der Waals surface area contributed by atoms with Crippen molar-refractivity contribution in [1.29, 1.82) is 0 Å². The molecule has 4 heteroatoms. The smallest absolute Gasteiger partial charge is 0.219 e. The molecule has 0 saturated carbocycles. The van der Waals surface area contributed by atoms with E-state index in [-0.39, 0.29) is 5.91 Å². The molecule has 0 spiro atoms. The van der Waals surface area contributed by atoms with Gasteiger partial charge in [-0.05, 0) is 19.4 Å². The Balaban J connectivity index is 2.30. The van der Waals surface area contributed by atoms with Gasteiger partial charge in [0.15, 0.2) is 0 Å². The van der Waals surface area contributed by atoms with E-state index in [0.717, 1.165) is 13.1 Å². The third-order valence-corrected chi connectivity index (χ3v) is 2.61. The van der Waals surface area contributed by atoms with E-state index >= 15 is 0 Å². The quantitative estimate of drug-likeness (QED) is 0.691. The lowest BCUT2D eigenvalue weighted by Gasteiger charge is -2.24. The van der Waals surface area contributed by atoms with Crippen molar-refractivity contribution in [3.8, 4) is 0 Å². The summed E-state index contributed by atoms with van der Waals surface area (Å²) in [5.74, 6) is 0.135. The van der Waals surface area contributed by atoms with E-state index in [2.05, 4.69) is 5.32 Å². The molecule has 4 nitrogen and oxygen atoms in total. The topological polar surface area (TPSA) is 41.6 Å². The van der Waals surface area contributed by atoms with Crippen LogP contribution in [-0.4, -0.2) is 50.2 Å². The molecule has 0 aliphatic carbocycles. The first-order valence-electron chi connectivity index (χ1n) is 5.22. The van der Waals surface area contributed by atoms with Gasteiger partial charge in [0.25, 0.3) is 0 Å². The lowest BCUT2D eigenvalue weighted by Crippen LogP contribution is -2.41. The number of rotatable bonds is 5. The molecule has 0 aromatic carbocycles. The van der Waals surface area contributed by atoms with Gasteiger partial charge in [-0.1, -0.05) is 0 Å². The van der Waals surface area contributed by atoms with Crippen molar-refractivity contribution in [2.24, 2.45) is 0 Å². The SMILES string of the molecule is COCCN(CC1CCCN1)C(C)=O. The molecule has 0 bridgehead atoms. The number of nitrogens with zero attached hydrogens (tertiary/aromatic N) is 1. The van der Waals surface area contributed by atoms with Crippen LogP contribution in [0.1, 0.15) is 19.8 Å². The second kappa shape index (κ2) is 5.98. The van der Waals surface area contributed by atoms with Crippen LogP contribution >= 0.6 is 0 Å². The van der Waals surface area contributed by atoms with Crippen molar-refractivity contribution < 1.29 is 9.53 Å². The average molecular weight is 200 g/mol. The first-order chi connectivity index (χ1) is 6.74. The zero-order chi connectivity index (χ0) is 10.4. The zero-order valence-electron chi connectivity index (χ0n) is 9.08. The van der Waals surface area contributed by atoms with Crippen LogP contribution in [0, 0.1) is 0 Å². The number of amides is 1. The van der Waals surface area contributed by atoms with Crippen molar-refractivity contribution in [2.75, 3.05) is 33.4 Å². The highest BCUT2D eigenvalue weighted by atomic mass is 16.5. The highest BCUT2D eigenvalue weighted by molar-refractivity contribution is 5.73. The number of hydrogen-bond donors (Lipinski definition) is 1. The largest absolute Gasteiger partial charge is 0.383 e. The molecule has 14 heavy (non-hydrogen) atoms. The average Bonchev–Trinajstić information content (AvgIpc) is 2.64. The second-order valence-corrected chi connectivity index (χ2v) is 3.75. The molecule has 1 amide bonds. The van der Waals surface area contributed by atoms with Crippen LogP contribution in [0.5, 0.6) is 0 Å². The Labute approximate surface area is 85.6 Å². The maximum absolute atomic E-state index is 11.3. The molecule has 1 atom stereocenters. The summed E-state index contributed by atoms with van der Waals surface area (Å²) in [5, 5.41) is 3.38. The number of carbonyl (C=O) groups is 1. The standard InChI is InChI=1S/C10H20N2O2/c1-9(13)12(6-7-14-2)8-10-4-3-5-11-10/h10-11H,3-8H2,1-2H3. The van der Waals surface area contributed by atoms with Gasteiger partial charge in [-0.3, -0.25) is 4.79 Å². The second-order valence-electron chi connectivity index (χ2n) is 3.75. The minimum absolute atomic E-state index is 0.135. The normalized spacial score (nSPS) is 21.1. The van der Waals surface area contributed by atoms with Crippen LogP contribution < -0.4 is 5.32 Å². The number of methoxy groups -OCH3 is 1. The van der Waals surface area contributed by atoms with E-state index in [1.807, 2.05) is 4.90 Å². The molecule has 0 aromatic rings. The van der Waals surface area contributed by atoms with Crippen LogP contribution in [0.25, 0.3) is 0 Å². The molecule has 1 fully saturated rings. The number of carbonyl (C=O) groups excluding carboxylic acids is 1. The lowest BCUT2D eigenvalue weighted by atomic mass is 10.2. The van der Waals surface area contributed by atoms with E-state index in [0.29, 0.717) is 19.2 Å². The highest BCUT2D eigenvalue weighted by Gasteiger charge is 2.18. The van der Waals surface area contributed by atoms with E-state index in [1.54, 1.807) is 14.0 Å². The van der Waals surface area contributed by atoms with Crippen LogP contribution in [-0.2, 0) is 9.53 Å². The molecule has 1 unspecified atom stereocenters. The van der Waals surface area contributed by atoms with Gasteiger partial charge in [0.2, 0.25) is 5.91 Å². The Morgan fingerprint density at radius 1 is 1.64 bits per heavy atom. The fourth-order valence-electron chi connectivity index (χ4n) is 1.76. The van der Waals surface area contributed by atoms with Crippen LogP contribution in [0.4, 0.5) is 0 Å². The lowest BCUT2D eigenvalue weighted by molar-refractivity contribution is -0.129. The van der Waals surface area contributed by atoms with Crippen molar-refractivity contribution in [3.63, 3.8) is 0 Å². The first kappa shape index (κ1) is 11.5. The fourth-order valence-corrected chi connectivity index (χ4v) is 1.76. The Morgan fingerprint density at radius 3 is 2.93 bits per heavy atom. The summed E-state index contributed by atoms with van der Waals surface area (Å²) in [6.45, 7) is 4.83. The molecule has 1 aliphatic rings. The molecule has 1 saturated heterocycles. The number of nitrogens with one attached hydrogen (secondary N) is 1. The van der Waals surface area contributed by atoms with Gasteiger partial charge in [-0.2, -0.15) is 0 Å². The van der Waals surface area contributed by atoms with Crippen LogP contribution in [0.3, 0.4) is 0 Å². The predicted octanol–water partition coefficient (Wildman–Crippen LogP) is 0.233. The molecule has 1 N–H and O–H groups in total. The summed E-state index contributed by atoms with van der Waals surface area (Å²) in [6.07, 6.45) is 2.40. The minimum atomic E-state index is 0.135. The summed E-state index contributed by atoms with van der Waals surface area (Å²) in [4.78, 5) is 13.1. The molecular formula is C10H20N2O2. The number of ether oxygens (including phenoxy) is 1. The van der Waals surface area contributed by atoms with Gasteiger partial charge in [0.1, 0.15) is 0 Å². The third kappa shape index (κ3) is 3.64. The molecule has 1 heterocycles. The monoisotopic (exact) mass is 200 g/mol. The maximum atomic E-state index is 11.3. The highest BCUT2D eigenvalue weighted by Crippen LogP contribution is 2.06. The fraction of sp³-hybridized carbons (Fsp3) is 0.900. The summed E-state index contributed by atoms with van der Waals surface area (Å²) in [5.41, 5.74) is 0. The summed E-state index contributed by atoms with van der Waals surface area (Å²) in [6, 6.07) is 0.482. The Bertz CT molecular complexity index is 179. The van der Waals surface area contributed by atoms with Gasteiger partial charge < -0.3 is 15.0 Å². The van der Waals surface area contributed by atoms with Crippen molar-refractivity contribution in [2.45, 2.75) is 25.8 Å². The van der Waals surface area contributed by atoms with Crippen LogP contribution in [0.2, 0.25) is 0 Å². The Kier molecular flexibility index (Phi) is 4.90. The molecule has 1 rings (SSSR count). The van der Waals surface area contributed by atoms with E-state index in [4.69, 9.17) is 4.74 Å². The molecule has 0 aromatic heterocycles. The van der Waals surface area contributed by atoms with Gasteiger partial charge in [0.05, 0.1) is 6.61 Å². The molecule has 0 radical (unpaired) electrons. The Morgan fingerprint density at radius 2 is 2.43 bits per heavy atom. The summed E-state index contributed by atoms with van der Waals surface area (Å²) < 4.78 is 4.97. The van der Waals surface area contributed by atoms with Gasteiger partial charge in [0, 0.05) is 33.2 Å². The van der Waals surface area contributed by atoms with Crippen molar-refractivity contribution in [1.82, 2.24) is 10.2 Å². The molecule has 82 valence electrons.